The van der Waals surface area contributed by atoms with Crippen molar-refractivity contribution in [1.29, 1.82) is 0 Å². The van der Waals surface area contributed by atoms with Crippen LogP contribution in [0.5, 0.6) is 0 Å². The molecule has 0 saturated carbocycles. The summed E-state index contributed by atoms with van der Waals surface area (Å²) in [6.45, 7) is 3.41. The van der Waals surface area contributed by atoms with E-state index in [4.69, 9.17) is 15.3 Å². The van der Waals surface area contributed by atoms with Gasteiger partial charge in [0.15, 0.2) is 0 Å². The average molecular weight is 119 g/mol. The van der Waals surface area contributed by atoms with Gasteiger partial charge in [-0.1, -0.05) is 13.8 Å². The van der Waals surface area contributed by atoms with E-state index in [1.165, 1.54) is 0 Å². The topological polar surface area (TPSA) is 60.7 Å². The van der Waals surface area contributed by atoms with E-state index in [1.54, 1.807) is 13.8 Å². The molecule has 0 bridgehead atoms. The van der Waals surface area contributed by atoms with Crippen LogP contribution < -0.4 is 0 Å². The first-order chi connectivity index (χ1) is 3.42. The summed E-state index contributed by atoms with van der Waals surface area (Å²) in [5, 5.41) is 24.8. The summed E-state index contributed by atoms with van der Waals surface area (Å²) < 4.78 is 0. The number of hydrogen-bond acceptors (Lipinski definition) is 3. The van der Waals surface area contributed by atoms with Gasteiger partial charge >= 0.3 is 0 Å². The largest absolute Gasteiger partial charge is 0.344 e. The number of aliphatic hydroxyl groups is 3. The molecule has 3 heteroatoms. The predicted molar refractivity (Wildman–Crippen MR) is 28.6 cm³/mol. The smallest absolute Gasteiger partial charge is 0.275 e. The van der Waals surface area contributed by atoms with Gasteiger partial charge in [0.2, 0.25) is 0 Å². The second-order valence-corrected chi connectivity index (χ2v) is 2.16. The van der Waals surface area contributed by atoms with Gasteiger partial charge in [0.1, 0.15) is 0 Å². The Bertz CT molecular complexity index is 62.6. The van der Waals surface area contributed by atoms with Crippen molar-refractivity contribution in [3.63, 3.8) is 0 Å². The molecule has 0 amide bonds. The highest BCUT2D eigenvalue weighted by Crippen LogP contribution is 2.10. The van der Waals surface area contributed by atoms with Gasteiger partial charge in [0.05, 0.1) is 0 Å². The lowest BCUT2D eigenvalue weighted by Gasteiger charge is -2.14. The normalized spacial score (nSPS) is 12.8. The monoisotopic (exact) mass is 119 g/mol. The molecule has 0 aliphatic carbocycles. The van der Waals surface area contributed by atoms with Crippen LogP contribution >= 0.6 is 0 Å². The molecule has 0 aliphatic heterocycles. The zero-order valence-electron chi connectivity index (χ0n) is 5.05. The van der Waals surface area contributed by atoms with E-state index >= 15 is 0 Å². The quantitative estimate of drug-likeness (QED) is 0.434. The van der Waals surface area contributed by atoms with Crippen LogP contribution in [-0.4, -0.2) is 21.3 Å². The summed E-state index contributed by atoms with van der Waals surface area (Å²) in [5.74, 6) is -1.74. The Morgan fingerprint density at radius 2 is 1.62 bits per heavy atom. The molecule has 0 aromatic carbocycles. The van der Waals surface area contributed by atoms with Crippen LogP contribution in [-0.2, 0) is 0 Å². The molecular weight excluding hydrogens is 108 g/mol. The fourth-order valence-electron chi connectivity index (χ4n) is 0.474. The van der Waals surface area contributed by atoms with Gasteiger partial charge in [-0.15, -0.1) is 0 Å². The molecule has 49 valence electrons. The Labute approximate surface area is 48.6 Å². The van der Waals surface area contributed by atoms with E-state index in [9.17, 15) is 0 Å². The molecule has 0 saturated heterocycles. The Balaban J connectivity index is 3.39. The molecule has 0 heterocycles. The van der Waals surface area contributed by atoms with Crippen molar-refractivity contribution in [2.24, 2.45) is 0 Å². The Hall–Kier alpha value is -0.120. The van der Waals surface area contributed by atoms with Crippen molar-refractivity contribution in [3.8, 4) is 0 Å². The minimum Gasteiger partial charge on any atom is -0.344 e. The molecule has 8 heavy (non-hydrogen) atoms. The van der Waals surface area contributed by atoms with Crippen LogP contribution in [0.25, 0.3) is 0 Å². The molecule has 0 fully saturated rings. The highest BCUT2D eigenvalue weighted by molar-refractivity contribution is 4.79. The Morgan fingerprint density at radius 1 is 1.25 bits per heavy atom. The highest BCUT2D eigenvalue weighted by Gasteiger charge is 2.19. The molecule has 3 N–H and O–H groups in total. The first kappa shape index (κ1) is 7.88. The summed E-state index contributed by atoms with van der Waals surface area (Å²) in [4.78, 5) is 0. The standard InChI is InChI=1S/C5H11O3/c1-4(2)3-5(6,7)8/h6-8H,3H2,1-2H3. The summed E-state index contributed by atoms with van der Waals surface area (Å²) >= 11 is 0. The summed E-state index contributed by atoms with van der Waals surface area (Å²) in [6.07, 6.45) is -0.0903. The second-order valence-electron chi connectivity index (χ2n) is 2.16. The van der Waals surface area contributed by atoms with Crippen molar-refractivity contribution >= 4 is 0 Å². The van der Waals surface area contributed by atoms with Crippen molar-refractivity contribution in [3.05, 3.63) is 5.92 Å². The minimum atomic E-state index is -2.52. The van der Waals surface area contributed by atoms with Gasteiger partial charge in [-0.2, -0.15) is 0 Å². The molecular formula is C5H11O3. The van der Waals surface area contributed by atoms with E-state index in [1.807, 2.05) is 0 Å². The predicted octanol–water partition coefficient (Wildman–Crippen LogP) is -0.379. The van der Waals surface area contributed by atoms with E-state index in [0.717, 1.165) is 5.92 Å². The van der Waals surface area contributed by atoms with Gasteiger partial charge in [-0.3, -0.25) is 0 Å². The second kappa shape index (κ2) is 2.44. The zero-order chi connectivity index (χ0) is 6.78. The fraction of sp³-hybridized carbons (Fsp3) is 0.800. The third kappa shape index (κ3) is 5.88. The third-order valence-corrected chi connectivity index (χ3v) is 0.591. The van der Waals surface area contributed by atoms with Gasteiger partial charge in [-0.05, 0) is 5.92 Å². The Morgan fingerprint density at radius 3 is 1.62 bits per heavy atom. The van der Waals surface area contributed by atoms with Crippen molar-refractivity contribution in [2.45, 2.75) is 26.2 Å². The molecule has 0 aromatic rings. The van der Waals surface area contributed by atoms with Crippen LogP contribution in [0.2, 0.25) is 0 Å². The van der Waals surface area contributed by atoms with Gasteiger partial charge in [-0.25, -0.2) is 0 Å². The van der Waals surface area contributed by atoms with Crippen LogP contribution in [0.15, 0.2) is 0 Å². The number of hydrogen-bond donors (Lipinski definition) is 3. The summed E-state index contributed by atoms with van der Waals surface area (Å²) in [7, 11) is 0. The Kier molecular flexibility index (Phi) is 2.40. The van der Waals surface area contributed by atoms with E-state index in [2.05, 4.69) is 0 Å². The van der Waals surface area contributed by atoms with E-state index in [-0.39, 0.29) is 6.42 Å². The summed E-state index contributed by atoms with van der Waals surface area (Å²) in [6, 6.07) is 0. The molecule has 0 atom stereocenters. The van der Waals surface area contributed by atoms with Crippen LogP contribution in [0, 0.1) is 5.92 Å². The highest BCUT2D eigenvalue weighted by atomic mass is 16.7. The minimum absolute atomic E-state index is 0.0903. The van der Waals surface area contributed by atoms with Crippen molar-refractivity contribution in [1.82, 2.24) is 0 Å². The maximum Gasteiger partial charge on any atom is 0.275 e. The third-order valence-electron chi connectivity index (χ3n) is 0.591. The molecule has 1 radical (unpaired) electrons. The molecule has 0 unspecified atom stereocenters. The van der Waals surface area contributed by atoms with E-state index < -0.39 is 5.97 Å². The maximum absolute atomic E-state index is 8.28. The first-order valence-corrected chi connectivity index (χ1v) is 2.38. The zero-order valence-corrected chi connectivity index (χ0v) is 5.05. The molecule has 0 aliphatic rings. The SMILES string of the molecule is C[C](C)CC(O)(O)O. The summed E-state index contributed by atoms with van der Waals surface area (Å²) in [5.41, 5.74) is 0. The lowest BCUT2D eigenvalue weighted by molar-refractivity contribution is -0.311. The van der Waals surface area contributed by atoms with Crippen molar-refractivity contribution in [2.75, 3.05) is 0 Å². The lowest BCUT2D eigenvalue weighted by Crippen LogP contribution is -2.28. The molecule has 0 spiro atoms. The van der Waals surface area contributed by atoms with Crippen molar-refractivity contribution < 1.29 is 15.3 Å². The fourth-order valence-corrected chi connectivity index (χ4v) is 0.474. The lowest BCUT2D eigenvalue weighted by atomic mass is 10.1. The molecule has 0 aromatic heterocycles. The van der Waals surface area contributed by atoms with Crippen LogP contribution in [0.1, 0.15) is 20.3 Å². The van der Waals surface area contributed by atoms with E-state index in [0.29, 0.717) is 0 Å². The number of rotatable bonds is 2. The van der Waals surface area contributed by atoms with Crippen LogP contribution in [0.3, 0.4) is 0 Å². The molecule has 3 nitrogen and oxygen atoms in total. The van der Waals surface area contributed by atoms with Gasteiger partial charge in [0, 0.05) is 6.42 Å². The van der Waals surface area contributed by atoms with Gasteiger partial charge in [0.25, 0.3) is 5.97 Å². The van der Waals surface area contributed by atoms with Gasteiger partial charge < -0.3 is 15.3 Å². The average Bonchev–Trinajstić information content (AvgIpc) is 1.21. The first-order valence-electron chi connectivity index (χ1n) is 2.38. The molecule has 0 rings (SSSR count). The van der Waals surface area contributed by atoms with Crippen LogP contribution in [0.4, 0.5) is 0 Å². The maximum atomic E-state index is 8.28.